The lowest BCUT2D eigenvalue weighted by atomic mass is 9.75. The highest BCUT2D eigenvalue weighted by Crippen LogP contribution is 2.30. The van der Waals surface area contributed by atoms with Crippen molar-refractivity contribution in [3.8, 4) is 0 Å². The summed E-state index contributed by atoms with van der Waals surface area (Å²) >= 11 is 0. The highest BCUT2D eigenvalue weighted by atomic mass is 16.5. The molecule has 0 aromatic carbocycles. The molecule has 1 fully saturated rings. The average molecular weight is 184 g/mol. The Kier molecular flexibility index (Phi) is 3.07. The Morgan fingerprint density at radius 1 is 1.38 bits per heavy atom. The van der Waals surface area contributed by atoms with Crippen LogP contribution in [0, 0.1) is 17.8 Å². The molecule has 1 aliphatic carbocycles. The van der Waals surface area contributed by atoms with Gasteiger partial charge in [0, 0.05) is 5.92 Å². The number of carbonyl (C=O) groups excluding carboxylic acids is 2. The Bertz CT molecular complexity index is 222. The molecule has 1 saturated carbocycles. The minimum absolute atomic E-state index is 0.00199. The van der Waals surface area contributed by atoms with E-state index in [1.54, 1.807) is 0 Å². The zero-order valence-corrected chi connectivity index (χ0v) is 8.37. The molecule has 0 N–H and O–H groups in total. The fourth-order valence-corrected chi connectivity index (χ4v) is 1.80. The van der Waals surface area contributed by atoms with Crippen molar-refractivity contribution in [2.75, 3.05) is 7.11 Å². The van der Waals surface area contributed by atoms with Crippen molar-refractivity contribution in [1.29, 1.82) is 0 Å². The molecule has 13 heavy (non-hydrogen) atoms. The van der Waals surface area contributed by atoms with Crippen LogP contribution in [0.2, 0.25) is 0 Å². The smallest absolute Gasteiger partial charge is 0.316 e. The Hall–Kier alpha value is -0.860. The summed E-state index contributed by atoms with van der Waals surface area (Å²) in [5, 5.41) is 0. The lowest BCUT2D eigenvalue weighted by Gasteiger charge is -2.28. The monoisotopic (exact) mass is 184 g/mol. The molecule has 1 unspecified atom stereocenters. The number of ketones is 1. The van der Waals surface area contributed by atoms with Gasteiger partial charge in [0.25, 0.3) is 0 Å². The van der Waals surface area contributed by atoms with Crippen molar-refractivity contribution in [1.82, 2.24) is 0 Å². The number of hydrogen-bond acceptors (Lipinski definition) is 3. The lowest BCUT2D eigenvalue weighted by molar-refractivity contribution is -0.152. The van der Waals surface area contributed by atoms with Gasteiger partial charge in [-0.3, -0.25) is 9.59 Å². The van der Waals surface area contributed by atoms with E-state index < -0.39 is 5.92 Å². The fraction of sp³-hybridized carbons (Fsp3) is 0.800. The van der Waals surface area contributed by atoms with Crippen LogP contribution < -0.4 is 0 Å². The predicted molar refractivity (Wildman–Crippen MR) is 48.1 cm³/mol. The molecule has 1 rings (SSSR count). The van der Waals surface area contributed by atoms with Crippen LogP contribution in [-0.4, -0.2) is 18.9 Å². The first-order valence-corrected chi connectivity index (χ1v) is 4.69. The van der Waals surface area contributed by atoms with E-state index in [2.05, 4.69) is 11.7 Å². The van der Waals surface area contributed by atoms with E-state index in [9.17, 15) is 9.59 Å². The zero-order valence-electron chi connectivity index (χ0n) is 8.37. The summed E-state index contributed by atoms with van der Waals surface area (Å²) in [7, 11) is 1.33. The molecule has 0 amide bonds. The third-order valence-electron chi connectivity index (χ3n) is 3.04. The molecule has 0 aliphatic heterocycles. The van der Waals surface area contributed by atoms with E-state index in [1.807, 2.05) is 6.92 Å². The van der Waals surface area contributed by atoms with Gasteiger partial charge in [0.15, 0.2) is 0 Å². The van der Waals surface area contributed by atoms with Crippen molar-refractivity contribution in [3.05, 3.63) is 0 Å². The molecule has 3 heteroatoms. The molecular weight excluding hydrogens is 168 g/mol. The van der Waals surface area contributed by atoms with E-state index >= 15 is 0 Å². The van der Waals surface area contributed by atoms with E-state index in [4.69, 9.17) is 0 Å². The van der Waals surface area contributed by atoms with Crippen molar-refractivity contribution in [2.24, 2.45) is 17.8 Å². The third kappa shape index (κ3) is 1.90. The zero-order chi connectivity index (χ0) is 10.0. The maximum Gasteiger partial charge on any atom is 0.316 e. The highest BCUT2D eigenvalue weighted by molar-refractivity contribution is 6.00. The molecule has 0 aromatic heterocycles. The standard InChI is InChI=1S/C10H16O3/c1-6-4-5-8(10(12)13-3)9(11)7(6)2/h6-8H,4-5H2,1-3H3/t6-,7+,8?/m1/s1. The highest BCUT2D eigenvalue weighted by Gasteiger charge is 2.37. The third-order valence-corrected chi connectivity index (χ3v) is 3.04. The van der Waals surface area contributed by atoms with Gasteiger partial charge in [-0.1, -0.05) is 13.8 Å². The van der Waals surface area contributed by atoms with Crippen molar-refractivity contribution < 1.29 is 14.3 Å². The molecule has 0 bridgehead atoms. The largest absolute Gasteiger partial charge is 0.468 e. The van der Waals surface area contributed by atoms with Crippen LogP contribution in [-0.2, 0) is 14.3 Å². The normalized spacial score (nSPS) is 34.4. The number of rotatable bonds is 1. The Labute approximate surface area is 78.5 Å². The molecule has 1 aliphatic rings. The van der Waals surface area contributed by atoms with Gasteiger partial charge in [-0.2, -0.15) is 0 Å². The predicted octanol–water partition coefficient (Wildman–Crippen LogP) is 1.41. The van der Waals surface area contributed by atoms with Crippen LogP contribution >= 0.6 is 0 Å². The van der Waals surface area contributed by atoms with Crippen LogP contribution in [0.1, 0.15) is 26.7 Å². The minimum atomic E-state index is -0.504. The van der Waals surface area contributed by atoms with Crippen LogP contribution in [0.15, 0.2) is 0 Å². The second-order valence-corrected chi connectivity index (χ2v) is 3.82. The number of hydrogen-bond donors (Lipinski definition) is 0. The summed E-state index contributed by atoms with van der Waals surface area (Å²) in [4.78, 5) is 22.8. The maximum absolute atomic E-state index is 11.6. The van der Waals surface area contributed by atoms with Gasteiger partial charge in [0.05, 0.1) is 7.11 Å². The number of Topliss-reactive ketones (excluding diaryl/α,β-unsaturated/α-hetero) is 1. The van der Waals surface area contributed by atoms with E-state index in [1.165, 1.54) is 7.11 Å². The summed E-state index contributed by atoms with van der Waals surface area (Å²) in [6, 6.07) is 0. The van der Waals surface area contributed by atoms with E-state index in [0.717, 1.165) is 6.42 Å². The maximum atomic E-state index is 11.6. The Balaban J connectivity index is 2.69. The molecule has 3 atom stereocenters. The number of methoxy groups -OCH3 is 1. The molecule has 0 spiro atoms. The number of esters is 1. The second-order valence-electron chi connectivity index (χ2n) is 3.82. The second kappa shape index (κ2) is 3.90. The van der Waals surface area contributed by atoms with Gasteiger partial charge in [0.1, 0.15) is 11.7 Å². The van der Waals surface area contributed by atoms with Crippen LogP contribution in [0.25, 0.3) is 0 Å². The minimum Gasteiger partial charge on any atom is -0.468 e. The quantitative estimate of drug-likeness (QED) is 0.457. The summed E-state index contributed by atoms with van der Waals surface area (Å²) < 4.78 is 4.58. The van der Waals surface area contributed by atoms with Gasteiger partial charge >= 0.3 is 5.97 Å². The first-order chi connectivity index (χ1) is 6.07. The molecule has 0 saturated heterocycles. The van der Waals surface area contributed by atoms with Gasteiger partial charge in [-0.15, -0.1) is 0 Å². The first-order valence-electron chi connectivity index (χ1n) is 4.69. The summed E-state index contributed by atoms with van der Waals surface area (Å²) in [6.07, 6.45) is 1.59. The fourth-order valence-electron chi connectivity index (χ4n) is 1.80. The summed E-state index contributed by atoms with van der Waals surface area (Å²) in [6.45, 7) is 3.94. The van der Waals surface area contributed by atoms with Gasteiger partial charge < -0.3 is 4.74 Å². The first kappa shape index (κ1) is 10.2. The molecule has 0 aromatic rings. The Morgan fingerprint density at radius 3 is 2.54 bits per heavy atom. The van der Waals surface area contributed by atoms with Crippen molar-refractivity contribution in [2.45, 2.75) is 26.7 Å². The van der Waals surface area contributed by atoms with Crippen molar-refractivity contribution in [3.63, 3.8) is 0 Å². The van der Waals surface area contributed by atoms with E-state index in [0.29, 0.717) is 12.3 Å². The van der Waals surface area contributed by atoms with Crippen LogP contribution in [0.4, 0.5) is 0 Å². The summed E-state index contributed by atoms with van der Waals surface area (Å²) in [5.74, 6) is -0.434. The molecule has 74 valence electrons. The molecule has 0 radical (unpaired) electrons. The number of ether oxygens (including phenoxy) is 1. The van der Waals surface area contributed by atoms with Gasteiger partial charge in [-0.25, -0.2) is 0 Å². The van der Waals surface area contributed by atoms with Crippen LogP contribution in [0.5, 0.6) is 0 Å². The average Bonchev–Trinajstić information content (AvgIpc) is 2.13. The lowest BCUT2D eigenvalue weighted by Crippen LogP contribution is -2.37. The van der Waals surface area contributed by atoms with Gasteiger partial charge in [0.2, 0.25) is 0 Å². The van der Waals surface area contributed by atoms with Crippen molar-refractivity contribution >= 4 is 11.8 Å². The number of carbonyl (C=O) groups is 2. The Morgan fingerprint density at radius 2 is 2.00 bits per heavy atom. The van der Waals surface area contributed by atoms with E-state index in [-0.39, 0.29) is 17.7 Å². The summed E-state index contributed by atoms with van der Waals surface area (Å²) in [5.41, 5.74) is 0. The van der Waals surface area contributed by atoms with Crippen LogP contribution in [0.3, 0.4) is 0 Å². The van der Waals surface area contributed by atoms with Gasteiger partial charge in [-0.05, 0) is 18.8 Å². The SMILES string of the molecule is COC(=O)C1CC[C@@H](C)[C@H](C)C1=O. The molecular formula is C10H16O3. The molecule has 3 nitrogen and oxygen atoms in total. The topological polar surface area (TPSA) is 43.4 Å². The molecule has 0 heterocycles.